The second-order valence-electron chi connectivity index (χ2n) is 4.79. The van der Waals surface area contributed by atoms with E-state index in [0.29, 0.717) is 17.5 Å². The fourth-order valence-corrected chi connectivity index (χ4v) is 2.21. The summed E-state index contributed by atoms with van der Waals surface area (Å²) in [4.78, 5) is 6.74. The number of aromatic nitrogens is 1. The van der Waals surface area contributed by atoms with Gasteiger partial charge in [0, 0.05) is 19.1 Å². The Morgan fingerprint density at radius 1 is 1.53 bits per heavy atom. The third-order valence-corrected chi connectivity index (χ3v) is 3.49. The van der Waals surface area contributed by atoms with Gasteiger partial charge in [-0.25, -0.2) is 4.98 Å². The van der Waals surface area contributed by atoms with Gasteiger partial charge in [-0.2, -0.15) is 5.26 Å². The van der Waals surface area contributed by atoms with E-state index in [9.17, 15) is 0 Å². The van der Waals surface area contributed by atoms with E-state index in [2.05, 4.69) is 22.9 Å². The van der Waals surface area contributed by atoms with E-state index in [4.69, 9.17) is 11.0 Å². The number of aryl methyl sites for hydroxylation is 1. The second-order valence-corrected chi connectivity index (χ2v) is 4.79. The minimum absolute atomic E-state index is 0.297. The van der Waals surface area contributed by atoms with Crippen molar-refractivity contribution in [2.45, 2.75) is 26.3 Å². The van der Waals surface area contributed by atoms with Gasteiger partial charge in [-0.1, -0.05) is 6.92 Å². The number of nitrogens with two attached hydrogens (primary N) is 1. The highest BCUT2D eigenvalue weighted by Crippen LogP contribution is 2.21. The average Bonchev–Trinajstić information content (AvgIpc) is 2.32. The molecule has 0 aromatic carbocycles. The smallest absolute Gasteiger partial charge is 0.128 e. The fraction of sp³-hybridized carbons (Fsp3) is 0.538. The van der Waals surface area contributed by atoms with Crippen molar-refractivity contribution in [2.24, 2.45) is 11.7 Å². The van der Waals surface area contributed by atoms with Crippen molar-refractivity contribution in [2.75, 3.05) is 18.0 Å². The number of anilines is 1. The van der Waals surface area contributed by atoms with Gasteiger partial charge in [-0.05, 0) is 31.4 Å². The van der Waals surface area contributed by atoms with Crippen LogP contribution in [0.3, 0.4) is 0 Å². The molecule has 0 amide bonds. The zero-order valence-electron chi connectivity index (χ0n) is 10.3. The maximum Gasteiger partial charge on any atom is 0.128 e. The quantitative estimate of drug-likeness (QED) is 0.792. The molecule has 0 radical (unpaired) electrons. The van der Waals surface area contributed by atoms with E-state index in [1.165, 1.54) is 0 Å². The van der Waals surface area contributed by atoms with Crippen LogP contribution in [0.5, 0.6) is 0 Å². The van der Waals surface area contributed by atoms with Crippen LogP contribution in [0.25, 0.3) is 0 Å². The number of hydrogen-bond acceptors (Lipinski definition) is 4. The lowest BCUT2D eigenvalue weighted by atomic mass is 9.95. The summed E-state index contributed by atoms with van der Waals surface area (Å²) >= 11 is 0. The number of nitrogens with zero attached hydrogens (tertiary/aromatic N) is 3. The second kappa shape index (κ2) is 4.72. The molecule has 1 fully saturated rings. The largest absolute Gasteiger partial charge is 0.356 e. The summed E-state index contributed by atoms with van der Waals surface area (Å²) in [5.74, 6) is 1.45. The molecule has 2 heterocycles. The van der Waals surface area contributed by atoms with Gasteiger partial charge in [0.1, 0.15) is 11.9 Å². The van der Waals surface area contributed by atoms with Crippen molar-refractivity contribution in [1.82, 2.24) is 4.98 Å². The molecular weight excluding hydrogens is 212 g/mol. The van der Waals surface area contributed by atoms with Crippen LogP contribution in [0.4, 0.5) is 5.82 Å². The number of piperidine rings is 1. The molecule has 0 saturated carbocycles. The predicted molar refractivity (Wildman–Crippen MR) is 67.7 cm³/mol. The van der Waals surface area contributed by atoms with Crippen LogP contribution in [0.1, 0.15) is 24.6 Å². The molecular formula is C13H18N4. The maximum atomic E-state index is 8.88. The molecule has 1 aromatic heterocycles. The molecule has 4 nitrogen and oxygen atoms in total. The number of rotatable bonds is 1. The molecule has 2 atom stereocenters. The minimum atomic E-state index is 0.297. The molecule has 17 heavy (non-hydrogen) atoms. The van der Waals surface area contributed by atoms with Crippen LogP contribution in [-0.4, -0.2) is 24.1 Å². The standard InChI is InChI=1S/C13H18N4/c1-9-8-17(6-5-12(9)15)13-4-3-11(7-14)10(2)16-13/h3-4,9,12H,5-6,8,15H2,1-2H3. The lowest BCUT2D eigenvalue weighted by Gasteiger charge is -2.36. The third kappa shape index (κ3) is 2.40. The molecule has 2 N–H and O–H groups in total. The van der Waals surface area contributed by atoms with Gasteiger partial charge < -0.3 is 10.6 Å². The minimum Gasteiger partial charge on any atom is -0.356 e. The Morgan fingerprint density at radius 2 is 2.29 bits per heavy atom. The Balaban J connectivity index is 2.18. The van der Waals surface area contributed by atoms with Crippen LogP contribution in [0.2, 0.25) is 0 Å². The first-order valence-corrected chi connectivity index (χ1v) is 6.00. The lowest BCUT2D eigenvalue weighted by Crippen LogP contribution is -2.46. The normalized spacial score (nSPS) is 24.5. The molecule has 1 aromatic rings. The Hall–Kier alpha value is -1.60. The van der Waals surface area contributed by atoms with Crippen molar-refractivity contribution < 1.29 is 0 Å². The SMILES string of the molecule is Cc1nc(N2CCC(N)C(C)C2)ccc1C#N. The van der Waals surface area contributed by atoms with Gasteiger partial charge in [0.2, 0.25) is 0 Å². The zero-order valence-corrected chi connectivity index (χ0v) is 10.3. The van der Waals surface area contributed by atoms with Crippen molar-refractivity contribution >= 4 is 5.82 Å². The van der Waals surface area contributed by atoms with Crippen LogP contribution >= 0.6 is 0 Å². The monoisotopic (exact) mass is 230 g/mol. The molecule has 90 valence electrons. The number of pyridine rings is 1. The first-order valence-electron chi connectivity index (χ1n) is 6.00. The van der Waals surface area contributed by atoms with Crippen molar-refractivity contribution in [3.63, 3.8) is 0 Å². The number of nitriles is 1. The van der Waals surface area contributed by atoms with E-state index in [-0.39, 0.29) is 0 Å². The molecule has 1 saturated heterocycles. The topological polar surface area (TPSA) is 65.9 Å². The van der Waals surface area contributed by atoms with Crippen molar-refractivity contribution in [3.05, 3.63) is 23.4 Å². The van der Waals surface area contributed by atoms with Gasteiger partial charge in [-0.15, -0.1) is 0 Å². The summed E-state index contributed by atoms with van der Waals surface area (Å²) in [6.07, 6.45) is 1.00. The highest BCUT2D eigenvalue weighted by Gasteiger charge is 2.23. The van der Waals surface area contributed by atoms with Gasteiger partial charge >= 0.3 is 0 Å². The predicted octanol–water partition coefficient (Wildman–Crippen LogP) is 1.44. The average molecular weight is 230 g/mol. The summed E-state index contributed by atoms with van der Waals surface area (Å²) in [5.41, 5.74) is 7.45. The van der Waals surface area contributed by atoms with E-state index < -0.39 is 0 Å². The van der Waals surface area contributed by atoms with Crippen LogP contribution in [0, 0.1) is 24.2 Å². The summed E-state index contributed by atoms with van der Waals surface area (Å²) in [7, 11) is 0. The van der Waals surface area contributed by atoms with E-state index in [1.807, 2.05) is 19.1 Å². The van der Waals surface area contributed by atoms with Gasteiger partial charge in [0.05, 0.1) is 11.3 Å². The van der Waals surface area contributed by atoms with E-state index in [0.717, 1.165) is 31.0 Å². The summed E-state index contributed by atoms with van der Waals surface area (Å²) in [6.45, 7) is 5.94. The zero-order chi connectivity index (χ0) is 12.4. The molecule has 0 spiro atoms. The first kappa shape index (κ1) is 11.9. The van der Waals surface area contributed by atoms with Crippen LogP contribution < -0.4 is 10.6 Å². The van der Waals surface area contributed by atoms with Crippen molar-refractivity contribution in [3.8, 4) is 6.07 Å². The van der Waals surface area contributed by atoms with Crippen molar-refractivity contribution in [1.29, 1.82) is 5.26 Å². The summed E-state index contributed by atoms with van der Waals surface area (Å²) in [6, 6.07) is 6.21. The molecule has 4 heteroatoms. The Kier molecular flexibility index (Phi) is 3.30. The first-order chi connectivity index (χ1) is 8.11. The van der Waals surface area contributed by atoms with Gasteiger partial charge in [0.15, 0.2) is 0 Å². The highest BCUT2D eigenvalue weighted by atomic mass is 15.2. The lowest BCUT2D eigenvalue weighted by molar-refractivity contribution is 0.381. The maximum absolute atomic E-state index is 8.88. The molecule has 1 aliphatic heterocycles. The molecule has 2 unspecified atom stereocenters. The molecule has 1 aliphatic rings. The van der Waals surface area contributed by atoms with Gasteiger partial charge in [0.25, 0.3) is 0 Å². The fourth-order valence-electron chi connectivity index (χ4n) is 2.21. The highest BCUT2D eigenvalue weighted by molar-refractivity contribution is 5.45. The summed E-state index contributed by atoms with van der Waals surface area (Å²) in [5, 5.41) is 8.88. The van der Waals surface area contributed by atoms with E-state index >= 15 is 0 Å². The molecule has 0 aliphatic carbocycles. The van der Waals surface area contributed by atoms with Gasteiger partial charge in [-0.3, -0.25) is 0 Å². The summed E-state index contributed by atoms with van der Waals surface area (Å²) < 4.78 is 0. The Bertz CT molecular complexity index is 449. The molecule has 0 bridgehead atoms. The third-order valence-electron chi connectivity index (χ3n) is 3.49. The number of hydrogen-bond donors (Lipinski definition) is 1. The van der Waals surface area contributed by atoms with Crippen LogP contribution in [-0.2, 0) is 0 Å². The molecule has 2 rings (SSSR count). The van der Waals surface area contributed by atoms with Crippen LogP contribution in [0.15, 0.2) is 12.1 Å². The Morgan fingerprint density at radius 3 is 2.88 bits per heavy atom. The Labute approximate surface area is 102 Å². The van der Waals surface area contributed by atoms with E-state index in [1.54, 1.807) is 0 Å².